The minimum Gasteiger partial charge on any atom is -0.493 e. The van der Waals surface area contributed by atoms with Crippen LogP contribution in [0.3, 0.4) is 0 Å². The number of hydrogen-bond acceptors (Lipinski definition) is 5. The third-order valence-corrected chi connectivity index (χ3v) is 6.79. The molecule has 0 fully saturated rings. The Balaban J connectivity index is 2.22. The third-order valence-electron chi connectivity index (χ3n) is 5.32. The molecule has 6 heteroatoms. The Bertz CT molecular complexity index is 970. The zero-order valence-corrected chi connectivity index (χ0v) is 21.3. The van der Waals surface area contributed by atoms with Crippen LogP contribution in [0.5, 0.6) is 11.5 Å². The molecule has 0 spiro atoms. The van der Waals surface area contributed by atoms with Gasteiger partial charge in [0, 0.05) is 18.1 Å². The van der Waals surface area contributed by atoms with E-state index < -0.39 is 7.80 Å². The van der Waals surface area contributed by atoms with Crippen molar-refractivity contribution in [2.24, 2.45) is 0 Å². The third kappa shape index (κ3) is 6.10. The summed E-state index contributed by atoms with van der Waals surface area (Å²) in [5.41, 5.74) is 3.24. The number of carbonyl (C=O) groups excluding carboxylic acids is 2. The highest BCUT2D eigenvalue weighted by Crippen LogP contribution is 2.36. The number of benzene rings is 2. The summed E-state index contributed by atoms with van der Waals surface area (Å²) in [4.78, 5) is 26.0. The molecule has 1 atom stereocenters. The zero-order chi connectivity index (χ0) is 24.1. The minimum absolute atomic E-state index is 0.00807. The van der Waals surface area contributed by atoms with Gasteiger partial charge in [-0.2, -0.15) is 0 Å². The molecule has 32 heavy (non-hydrogen) atoms. The molecule has 0 heterocycles. The quantitative estimate of drug-likeness (QED) is 0.306. The molecule has 174 valence electrons. The summed E-state index contributed by atoms with van der Waals surface area (Å²) in [6.45, 7) is 14.6. The standard InChI is InChI=1S/C26H35O5P/c1-8-30-21-11-10-12-22(31-9-2)24(21)20(27)13-14-32(29)25(28)23-17(3)15-19(16-18(23)4)26(5,6)7/h10-12,15-16,32H,8-9,13-14H2,1-7H3. The second-order valence-electron chi connectivity index (χ2n) is 8.91. The predicted molar refractivity (Wildman–Crippen MR) is 131 cm³/mol. The van der Waals surface area contributed by atoms with E-state index in [-0.39, 0.29) is 29.3 Å². The lowest BCUT2D eigenvalue weighted by Crippen LogP contribution is -2.14. The SMILES string of the molecule is CCOc1cccc(OCC)c1C(=O)CC[PH](=O)C(=O)c1c(C)cc(C(C)(C)C)cc1C. The highest BCUT2D eigenvalue weighted by atomic mass is 31.1. The Hall–Kier alpha value is -2.39. The fraction of sp³-hybridized carbons (Fsp3) is 0.462. The molecule has 0 saturated carbocycles. The maximum absolute atomic E-state index is 13.0. The van der Waals surface area contributed by atoms with Crippen molar-refractivity contribution in [3.8, 4) is 11.5 Å². The molecule has 0 aliphatic carbocycles. The second kappa shape index (κ2) is 11.0. The van der Waals surface area contributed by atoms with Crippen molar-refractivity contribution in [3.05, 3.63) is 58.1 Å². The van der Waals surface area contributed by atoms with Crippen molar-refractivity contribution in [1.82, 2.24) is 0 Å². The smallest absolute Gasteiger partial charge is 0.219 e. The highest BCUT2D eigenvalue weighted by Gasteiger charge is 2.24. The first-order valence-corrected chi connectivity index (χ1v) is 12.7. The molecule has 1 unspecified atom stereocenters. The largest absolute Gasteiger partial charge is 0.493 e. The summed E-state index contributed by atoms with van der Waals surface area (Å²) >= 11 is 0. The molecule has 0 N–H and O–H groups in total. The minimum atomic E-state index is -2.65. The van der Waals surface area contributed by atoms with Gasteiger partial charge in [-0.1, -0.05) is 39.0 Å². The Morgan fingerprint density at radius 2 is 1.41 bits per heavy atom. The maximum atomic E-state index is 13.0. The summed E-state index contributed by atoms with van der Waals surface area (Å²) in [5, 5.41) is 0. The number of rotatable bonds is 10. The zero-order valence-electron chi connectivity index (χ0n) is 20.3. The molecule has 2 rings (SSSR count). The van der Waals surface area contributed by atoms with E-state index in [1.807, 2.05) is 39.8 Å². The van der Waals surface area contributed by atoms with E-state index in [0.717, 1.165) is 16.7 Å². The second-order valence-corrected chi connectivity index (χ2v) is 10.7. The van der Waals surface area contributed by atoms with Gasteiger partial charge in [0.05, 0.1) is 13.2 Å². The molecule has 2 aromatic rings. The van der Waals surface area contributed by atoms with E-state index >= 15 is 0 Å². The predicted octanol–water partition coefficient (Wildman–Crippen LogP) is 6.37. The van der Waals surface area contributed by atoms with Crippen LogP contribution < -0.4 is 9.47 Å². The van der Waals surface area contributed by atoms with Gasteiger partial charge in [0.25, 0.3) is 0 Å². The van der Waals surface area contributed by atoms with Crippen molar-refractivity contribution in [2.45, 2.75) is 60.3 Å². The lowest BCUT2D eigenvalue weighted by atomic mass is 9.84. The summed E-state index contributed by atoms with van der Waals surface area (Å²) in [5.74, 6) is 0.651. The van der Waals surface area contributed by atoms with Crippen LogP contribution in [0.25, 0.3) is 0 Å². The van der Waals surface area contributed by atoms with Crippen LogP contribution in [-0.2, 0) is 9.98 Å². The molecule has 0 aliphatic heterocycles. The first kappa shape index (κ1) is 25.9. The van der Waals surface area contributed by atoms with Gasteiger partial charge < -0.3 is 14.0 Å². The number of aryl methyl sites for hydroxylation is 2. The summed E-state index contributed by atoms with van der Waals surface area (Å²) < 4.78 is 24.1. The van der Waals surface area contributed by atoms with Crippen molar-refractivity contribution in [3.63, 3.8) is 0 Å². The Morgan fingerprint density at radius 1 is 0.906 bits per heavy atom. The summed E-state index contributed by atoms with van der Waals surface area (Å²) in [7, 11) is -2.65. The topological polar surface area (TPSA) is 69.7 Å². The van der Waals surface area contributed by atoms with Crippen LogP contribution in [0, 0.1) is 13.8 Å². The van der Waals surface area contributed by atoms with Gasteiger partial charge in [-0.15, -0.1) is 0 Å². The molecule has 0 saturated heterocycles. The van der Waals surface area contributed by atoms with Crippen molar-refractivity contribution >= 4 is 19.1 Å². The highest BCUT2D eigenvalue weighted by molar-refractivity contribution is 7.64. The molecule has 2 aromatic carbocycles. The first-order valence-electron chi connectivity index (χ1n) is 11.1. The average Bonchev–Trinajstić information content (AvgIpc) is 2.71. The van der Waals surface area contributed by atoms with Crippen LogP contribution in [0.2, 0.25) is 0 Å². The van der Waals surface area contributed by atoms with Gasteiger partial charge in [-0.05, 0) is 61.9 Å². The van der Waals surface area contributed by atoms with E-state index in [2.05, 4.69) is 20.8 Å². The van der Waals surface area contributed by atoms with E-state index in [9.17, 15) is 14.2 Å². The van der Waals surface area contributed by atoms with Crippen molar-refractivity contribution < 1.29 is 23.6 Å². The van der Waals surface area contributed by atoms with Crippen LogP contribution in [0.1, 0.15) is 78.4 Å². The van der Waals surface area contributed by atoms with Gasteiger partial charge in [-0.3, -0.25) is 9.59 Å². The Kier molecular flexibility index (Phi) is 8.86. The fourth-order valence-electron chi connectivity index (χ4n) is 3.70. The van der Waals surface area contributed by atoms with Crippen LogP contribution in [0.15, 0.2) is 30.3 Å². The van der Waals surface area contributed by atoms with E-state index in [0.29, 0.717) is 35.8 Å². The molecule has 0 amide bonds. The summed E-state index contributed by atoms with van der Waals surface area (Å²) in [6, 6.07) is 9.19. The first-order chi connectivity index (χ1) is 15.0. The van der Waals surface area contributed by atoms with Gasteiger partial charge in [0.1, 0.15) is 24.9 Å². The maximum Gasteiger partial charge on any atom is 0.219 e. The van der Waals surface area contributed by atoms with Crippen molar-refractivity contribution in [2.75, 3.05) is 19.4 Å². The summed E-state index contributed by atoms with van der Waals surface area (Å²) in [6.07, 6.45) is 0.0140. The number of Topliss-reactive ketones (excluding diaryl/α,β-unsaturated/α-hetero) is 1. The molecule has 0 aliphatic rings. The number of ketones is 1. The van der Waals surface area contributed by atoms with E-state index in [4.69, 9.17) is 9.47 Å². The monoisotopic (exact) mass is 458 g/mol. The van der Waals surface area contributed by atoms with Gasteiger partial charge in [0.2, 0.25) is 5.52 Å². The molecule has 0 aromatic heterocycles. The number of hydrogen-bond donors (Lipinski definition) is 0. The van der Waals surface area contributed by atoms with Crippen molar-refractivity contribution in [1.29, 1.82) is 0 Å². The fourth-order valence-corrected chi connectivity index (χ4v) is 5.05. The lowest BCUT2D eigenvalue weighted by molar-refractivity contribution is 0.0981. The number of carbonyl (C=O) groups is 2. The molecule has 0 bridgehead atoms. The van der Waals surface area contributed by atoms with Gasteiger partial charge in [0.15, 0.2) is 5.78 Å². The Morgan fingerprint density at radius 3 is 1.84 bits per heavy atom. The van der Waals surface area contributed by atoms with Gasteiger partial charge in [-0.25, -0.2) is 0 Å². The van der Waals surface area contributed by atoms with Crippen LogP contribution >= 0.6 is 7.80 Å². The van der Waals surface area contributed by atoms with Crippen LogP contribution in [-0.4, -0.2) is 30.7 Å². The Labute approximate surface area is 192 Å². The van der Waals surface area contributed by atoms with E-state index in [1.165, 1.54) is 0 Å². The molecular weight excluding hydrogens is 423 g/mol. The number of ether oxygens (including phenoxy) is 2. The molecule has 5 nitrogen and oxygen atoms in total. The van der Waals surface area contributed by atoms with Gasteiger partial charge >= 0.3 is 0 Å². The average molecular weight is 459 g/mol. The van der Waals surface area contributed by atoms with E-state index in [1.54, 1.807) is 18.2 Å². The molecule has 0 radical (unpaired) electrons. The van der Waals surface area contributed by atoms with Crippen LogP contribution in [0.4, 0.5) is 0 Å². The normalized spacial score (nSPS) is 12.3. The lowest BCUT2D eigenvalue weighted by Gasteiger charge is -2.22. The molecular formula is C26H35O5P.